The van der Waals surface area contributed by atoms with Crippen LogP contribution in [0, 0.1) is 5.21 Å². The number of hydrogen-bond donors (Lipinski definition) is 1. The summed E-state index contributed by atoms with van der Waals surface area (Å²) in [5.74, 6) is 0.121. The molecular formula is C8H16N2O2. The minimum atomic E-state index is -0.271. The molecule has 0 bridgehead atoms. The van der Waals surface area contributed by atoms with Gasteiger partial charge in [-0.2, -0.15) is 0 Å². The van der Waals surface area contributed by atoms with E-state index in [1.54, 1.807) is 14.1 Å². The molecule has 1 atom stereocenters. The lowest BCUT2D eigenvalue weighted by Gasteiger charge is -2.34. The highest BCUT2D eigenvalue weighted by Gasteiger charge is 2.21. The first-order chi connectivity index (χ1) is 5.47. The number of hydroxylamine groups is 3. The number of nitrogens with zero attached hydrogens (tertiary/aromatic N) is 1. The van der Waals surface area contributed by atoms with Crippen LogP contribution in [-0.4, -0.2) is 37.2 Å². The molecule has 0 aromatic heterocycles. The van der Waals surface area contributed by atoms with Crippen LogP contribution in [0.4, 0.5) is 0 Å². The lowest BCUT2D eigenvalue weighted by atomic mass is 10.2. The van der Waals surface area contributed by atoms with E-state index in [2.05, 4.69) is 5.32 Å². The molecule has 0 spiro atoms. The SMILES string of the molecule is C[N+](C)([O-])[14CH2]CC1CCC(=O)N1. The smallest absolute Gasteiger partial charge is 0.220 e. The minimum Gasteiger partial charge on any atom is -0.633 e. The molecule has 4 nitrogen and oxygen atoms in total. The molecule has 1 fully saturated rings. The first-order valence-corrected chi connectivity index (χ1v) is 4.31. The predicted molar refractivity (Wildman–Crippen MR) is 46.1 cm³/mol. The van der Waals surface area contributed by atoms with E-state index in [0.29, 0.717) is 13.0 Å². The molecule has 0 aromatic rings. The van der Waals surface area contributed by atoms with Crippen LogP contribution in [0.2, 0.25) is 0 Å². The quantitative estimate of drug-likeness (QED) is 0.492. The van der Waals surface area contributed by atoms with E-state index in [0.717, 1.165) is 12.8 Å². The standard InChI is InChI=1S/C8H16N2O2/c1-10(2,12)6-5-7-3-4-8(11)9-7/h7H,3-6H2,1-2H3,(H,9,11)/i6+2. The average molecular weight is 174 g/mol. The monoisotopic (exact) mass is 174 g/mol. The van der Waals surface area contributed by atoms with Gasteiger partial charge < -0.3 is 15.2 Å². The van der Waals surface area contributed by atoms with Gasteiger partial charge in [-0.1, -0.05) is 0 Å². The van der Waals surface area contributed by atoms with E-state index in [9.17, 15) is 10.0 Å². The Kier molecular flexibility index (Phi) is 2.69. The zero-order valence-electron chi connectivity index (χ0n) is 7.67. The Labute approximate surface area is 72.7 Å². The Hall–Kier alpha value is -0.610. The van der Waals surface area contributed by atoms with Crippen molar-refractivity contribution in [3.8, 4) is 0 Å². The highest BCUT2D eigenvalue weighted by Crippen LogP contribution is 2.11. The zero-order valence-corrected chi connectivity index (χ0v) is 7.67. The predicted octanol–water partition coefficient (Wildman–Crippen LogP) is 0.229. The first-order valence-electron chi connectivity index (χ1n) is 4.31. The minimum absolute atomic E-state index is 0.121. The van der Waals surface area contributed by atoms with Crippen molar-refractivity contribution in [1.82, 2.24) is 5.32 Å². The van der Waals surface area contributed by atoms with Crippen molar-refractivity contribution in [2.45, 2.75) is 25.3 Å². The number of carbonyl (C=O) groups excluding carboxylic acids is 1. The number of rotatable bonds is 3. The molecule has 1 saturated heterocycles. The number of hydrogen-bond acceptors (Lipinski definition) is 2. The molecule has 12 heavy (non-hydrogen) atoms. The topological polar surface area (TPSA) is 52.2 Å². The van der Waals surface area contributed by atoms with Crippen LogP contribution in [0.1, 0.15) is 19.3 Å². The summed E-state index contributed by atoms with van der Waals surface area (Å²) in [7, 11) is 3.24. The lowest BCUT2D eigenvalue weighted by Crippen LogP contribution is -2.37. The normalized spacial score (nSPS) is 24.2. The highest BCUT2D eigenvalue weighted by atomic mass is 16.6. The van der Waals surface area contributed by atoms with Crippen molar-refractivity contribution in [3.63, 3.8) is 0 Å². The highest BCUT2D eigenvalue weighted by molar-refractivity contribution is 5.78. The third-order valence-corrected chi connectivity index (χ3v) is 2.10. The lowest BCUT2D eigenvalue weighted by molar-refractivity contribution is -0.840. The summed E-state index contributed by atoms with van der Waals surface area (Å²) in [5.41, 5.74) is 0. The van der Waals surface area contributed by atoms with Gasteiger partial charge in [-0.05, 0) is 6.42 Å². The van der Waals surface area contributed by atoms with Gasteiger partial charge >= 0.3 is 0 Å². The maximum atomic E-state index is 11.2. The van der Waals surface area contributed by atoms with E-state index in [1.165, 1.54) is 0 Å². The maximum Gasteiger partial charge on any atom is 0.220 e. The van der Waals surface area contributed by atoms with Gasteiger partial charge in [-0.15, -0.1) is 0 Å². The Morgan fingerprint density at radius 2 is 2.42 bits per heavy atom. The second-order valence-corrected chi connectivity index (χ2v) is 3.89. The molecule has 0 aliphatic carbocycles. The molecule has 0 aromatic carbocycles. The Balaban J connectivity index is 2.20. The van der Waals surface area contributed by atoms with Gasteiger partial charge in [0.05, 0.1) is 20.6 Å². The van der Waals surface area contributed by atoms with Gasteiger partial charge in [0.15, 0.2) is 0 Å². The van der Waals surface area contributed by atoms with Crippen LogP contribution >= 0.6 is 0 Å². The molecule has 1 unspecified atom stereocenters. The summed E-state index contributed by atoms with van der Waals surface area (Å²) in [6.45, 7) is 0.574. The Morgan fingerprint density at radius 1 is 1.75 bits per heavy atom. The fraction of sp³-hybridized carbons (Fsp3) is 0.875. The van der Waals surface area contributed by atoms with Crippen LogP contribution < -0.4 is 5.32 Å². The third kappa shape index (κ3) is 3.19. The van der Waals surface area contributed by atoms with E-state index in [4.69, 9.17) is 0 Å². The number of nitrogens with one attached hydrogen (secondary N) is 1. The third-order valence-electron chi connectivity index (χ3n) is 2.10. The zero-order chi connectivity index (χ0) is 9.19. The van der Waals surface area contributed by atoms with Gasteiger partial charge in [-0.3, -0.25) is 4.79 Å². The van der Waals surface area contributed by atoms with Crippen molar-refractivity contribution in [2.24, 2.45) is 0 Å². The van der Waals surface area contributed by atoms with Gasteiger partial charge in [0, 0.05) is 18.9 Å². The van der Waals surface area contributed by atoms with Crippen molar-refractivity contribution >= 4 is 5.91 Å². The van der Waals surface area contributed by atoms with Crippen molar-refractivity contribution < 1.29 is 9.44 Å². The summed E-state index contributed by atoms with van der Waals surface area (Å²) in [6, 6.07) is 0.240. The Morgan fingerprint density at radius 3 is 2.83 bits per heavy atom. The summed E-state index contributed by atoms with van der Waals surface area (Å²) >= 11 is 0. The van der Waals surface area contributed by atoms with Crippen molar-refractivity contribution in [3.05, 3.63) is 5.21 Å². The van der Waals surface area contributed by atoms with Crippen LogP contribution in [0.3, 0.4) is 0 Å². The molecule has 0 saturated carbocycles. The summed E-state index contributed by atoms with van der Waals surface area (Å²) in [4.78, 5) is 10.8. The molecule has 1 N–H and O–H groups in total. The van der Waals surface area contributed by atoms with E-state index < -0.39 is 0 Å². The van der Waals surface area contributed by atoms with Gasteiger partial charge in [0.2, 0.25) is 5.91 Å². The van der Waals surface area contributed by atoms with Crippen molar-refractivity contribution in [1.29, 1.82) is 0 Å². The molecule has 4 heteroatoms. The van der Waals surface area contributed by atoms with E-state index in [-0.39, 0.29) is 16.6 Å². The summed E-state index contributed by atoms with van der Waals surface area (Å²) in [6.07, 6.45) is 2.30. The number of carbonyl (C=O) groups is 1. The maximum absolute atomic E-state index is 11.2. The molecule has 1 aliphatic rings. The van der Waals surface area contributed by atoms with Crippen molar-refractivity contribution in [2.75, 3.05) is 20.6 Å². The van der Waals surface area contributed by atoms with E-state index in [1.807, 2.05) is 0 Å². The van der Waals surface area contributed by atoms with Gasteiger partial charge in [-0.25, -0.2) is 0 Å². The van der Waals surface area contributed by atoms with Gasteiger partial charge in [0.1, 0.15) is 0 Å². The molecule has 1 rings (SSSR count). The molecule has 1 aliphatic heterocycles. The van der Waals surface area contributed by atoms with Gasteiger partial charge in [0.25, 0.3) is 0 Å². The number of amides is 1. The summed E-state index contributed by atoms with van der Waals surface area (Å²) < 4.78 is -0.271. The fourth-order valence-corrected chi connectivity index (χ4v) is 1.36. The van der Waals surface area contributed by atoms with Crippen LogP contribution in [-0.2, 0) is 4.79 Å². The van der Waals surface area contributed by atoms with E-state index >= 15 is 0 Å². The Bertz CT molecular complexity index is 174. The molecule has 0 radical (unpaired) electrons. The molecule has 70 valence electrons. The average Bonchev–Trinajstić information content (AvgIpc) is 2.30. The molecule has 1 heterocycles. The first kappa shape index (κ1) is 9.48. The largest absolute Gasteiger partial charge is 0.633 e. The fourth-order valence-electron chi connectivity index (χ4n) is 1.36. The van der Waals surface area contributed by atoms with Crippen LogP contribution in [0.15, 0.2) is 0 Å². The number of quaternary nitrogens is 1. The molecule has 1 amide bonds. The summed E-state index contributed by atoms with van der Waals surface area (Å²) in [5, 5.41) is 14.0. The molecular weight excluding hydrogens is 158 g/mol. The van der Waals surface area contributed by atoms with Crippen LogP contribution in [0.5, 0.6) is 0 Å². The van der Waals surface area contributed by atoms with Crippen LogP contribution in [0.25, 0.3) is 0 Å². The second kappa shape index (κ2) is 3.41. The second-order valence-electron chi connectivity index (χ2n) is 3.89.